The Hall–Kier alpha value is -6.96. The van der Waals surface area contributed by atoms with Crippen molar-refractivity contribution in [2.24, 2.45) is 0 Å². The lowest BCUT2D eigenvalue weighted by Crippen LogP contribution is -1.99. The van der Waals surface area contributed by atoms with E-state index in [9.17, 15) is 0 Å². The highest BCUT2D eigenvalue weighted by atomic mass is 32.1. The molecule has 4 heterocycles. The summed E-state index contributed by atoms with van der Waals surface area (Å²) in [5, 5.41) is 5.22. The van der Waals surface area contributed by atoms with Gasteiger partial charge in [0.05, 0.1) is 21.3 Å². The lowest BCUT2D eigenvalue weighted by Gasteiger charge is -2.08. The summed E-state index contributed by atoms with van der Waals surface area (Å²) >= 11 is 1.58. The first kappa shape index (κ1) is 29.7. The zero-order valence-corrected chi connectivity index (χ0v) is 29.0. The normalized spacial score (nSPS) is 11.8. The smallest absolute Gasteiger partial charge is 0.192 e. The number of fused-ring (bicyclic) bond motifs is 7. The van der Waals surface area contributed by atoms with Crippen LogP contribution in [-0.4, -0.2) is 24.5 Å². The molecule has 7 heteroatoms. The van der Waals surface area contributed by atoms with Gasteiger partial charge in [-0.3, -0.25) is 0 Å². The summed E-state index contributed by atoms with van der Waals surface area (Å²) in [6, 6.07) is 56.7. The zero-order valence-electron chi connectivity index (χ0n) is 28.1. The van der Waals surface area contributed by atoms with Crippen molar-refractivity contribution >= 4 is 65.3 Å². The third-order valence-electron chi connectivity index (χ3n) is 9.90. The molecule has 0 atom stereocenters. The summed E-state index contributed by atoms with van der Waals surface area (Å²) in [4.78, 5) is 19.7. The summed E-state index contributed by atoms with van der Waals surface area (Å²) < 4.78 is 9.95. The van der Waals surface area contributed by atoms with Crippen molar-refractivity contribution in [1.82, 2.24) is 24.5 Å². The molecular weight excluding hydrogens is 671 g/mol. The fraction of sp³-hybridized carbons (Fsp3) is 0. The second kappa shape index (κ2) is 11.8. The van der Waals surface area contributed by atoms with Gasteiger partial charge in [-0.1, -0.05) is 97.1 Å². The van der Waals surface area contributed by atoms with E-state index in [1.807, 2.05) is 60.7 Å². The number of nitrogens with zero attached hydrogens (tertiary/aromatic N) is 5. The molecule has 11 rings (SSSR count). The average molecular weight is 698 g/mol. The van der Waals surface area contributed by atoms with Crippen molar-refractivity contribution in [3.05, 3.63) is 164 Å². The van der Waals surface area contributed by atoms with Crippen LogP contribution in [0, 0.1) is 0 Å². The zero-order chi connectivity index (χ0) is 34.9. The number of para-hydroxylation sites is 2. The van der Waals surface area contributed by atoms with Gasteiger partial charge in [-0.2, -0.15) is 0 Å². The van der Waals surface area contributed by atoms with Gasteiger partial charge >= 0.3 is 0 Å². The van der Waals surface area contributed by atoms with Crippen LogP contribution in [0.15, 0.2) is 168 Å². The Morgan fingerprint density at radius 1 is 0.415 bits per heavy atom. The maximum atomic E-state index is 6.53. The monoisotopic (exact) mass is 697 g/mol. The van der Waals surface area contributed by atoms with Crippen molar-refractivity contribution < 1.29 is 4.42 Å². The van der Waals surface area contributed by atoms with Crippen LogP contribution in [0.3, 0.4) is 0 Å². The molecular formula is C46H27N5OS. The standard InChI is InChI=1S/C46H27N5OS/c1-3-11-28(12-4-1)30-19-23-39-35(25-30)33-15-7-9-17-38(33)51(39)32-21-22-34-36-26-31(20-24-40(36)52-41(34)27-32)44-48-43(29-13-5-2-6-14-29)49-45(50-44)46-47-37-16-8-10-18-42(37)53-46/h1-27H. The molecule has 0 N–H and O–H groups in total. The topological polar surface area (TPSA) is 69.6 Å². The van der Waals surface area contributed by atoms with E-state index in [1.54, 1.807) is 11.3 Å². The van der Waals surface area contributed by atoms with Gasteiger partial charge < -0.3 is 8.98 Å². The number of aromatic nitrogens is 5. The molecule has 0 spiro atoms. The SMILES string of the molecule is c1ccc(-c2ccc3c(c2)c2ccccc2n3-c2ccc3c(c2)oc2ccc(-c4nc(-c5ccccc5)nc(-c5nc6ccccc6s5)n4)cc23)cc1. The fourth-order valence-electron chi connectivity index (χ4n) is 7.39. The van der Waals surface area contributed by atoms with Crippen LogP contribution >= 0.6 is 11.3 Å². The van der Waals surface area contributed by atoms with Crippen LogP contribution in [0.1, 0.15) is 0 Å². The molecule has 0 bridgehead atoms. The number of benzene rings is 7. The molecule has 0 saturated heterocycles. The van der Waals surface area contributed by atoms with Gasteiger partial charge in [-0.05, 0) is 71.8 Å². The Kier molecular flexibility index (Phi) is 6.62. The Morgan fingerprint density at radius 2 is 1.09 bits per heavy atom. The van der Waals surface area contributed by atoms with Crippen LogP contribution in [0.4, 0.5) is 0 Å². The lowest BCUT2D eigenvalue weighted by atomic mass is 10.0. The first-order valence-electron chi connectivity index (χ1n) is 17.5. The Morgan fingerprint density at radius 3 is 1.94 bits per heavy atom. The molecule has 11 aromatic rings. The van der Waals surface area contributed by atoms with Crippen molar-refractivity contribution in [3.8, 4) is 50.4 Å². The molecule has 0 unspecified atom stereocenters. The van der Waals surface area contributed by atoms with Gasteiger partial charge in [-0.15, -0.1) is 11.3 Å². The number of rotatable bonds is 5. The summed E-state index contributed by atoms with van der Waals surface area (Å²) in [5.74, 6) is 1.74. The predicted molar refractivity (Wildman–Crippen MR) is 216 cm³/mol. The second-order valence-corrected chi connectivity index (χ2v) is 14.1. The highest BCUT2D eigenvalue weighted by Crippen LogP contribution is 2.38. The van der Waals surface area contributed by atoms with Crippen LogP contribution in [-0.2, 0) is 0 Å². The van der Waals surface area contributed by atoms with E-state index in [0.717, 1.165) is 65.0 Å². The van der Waals surface area contributed by atoms with Gasteiger partial charge in [0.1, 0.15) is 11.2 Å². The highest BCUT2D eigenvalue weighted by Gasteiger charge is 2.18. The molecule has 0 radical (unpaired) electrons. The number of thiazole rings is 1. The molecule has 4 aromatic heterocycles. The summed E-state index contributed by atoms with van der Waals surface area (Å²) in [6.07, 6.45) is 0. The molecule has 248 valence electrons. The second-order valence-electron chi connectivity index (χ2n) is 13.1. The average Bonchev–Trinajstić information content (AvgIpc) is 3.92. The summed E-state index contributed by atoms with van der Waals surface area (Å²) in [7, 11) is 0. The number of hydrogen-bond acceptors (Lipinski definition) is 6. The van der Waals surface area contributed by atoms with E-state index in [2.05, 4.69) is 108 Å². The molecule has 0 aliphatic rings. The van der Waals surface area contributed by atoms with Crippen molar-refractivity contribution in [2.45, 2.75) is 0 Å². The number of hydrogen-bond donors (Lipinski definition) is 0. The van der Waals surface area contributed by atoms with E-state index in [1.165, 1.54) is 21.9 Å². The van der Waals surface area contributed by atoms with Gasteiger partial charge in [0.15, 0.2) is 22.5 Å². The van der Waals surface area contributed by atoms with E-state index >= 15 is 0 Å². The molecule has 0 fully saturated rings. The van der Waals surface area contributed by atoms with Gasteiger partial charge in [-0.25, -0.2) is 19.9 Å². The molecule has 6 nitrogen and oxygen atoms in total. The maximum absolute atomic E-state index is 6.53. The Balaban J connectivity index is 1.04. The van der Waals surface area contributed by atoms with Crippen LogP contribution in [0.5, 0.6) is 0 Å². The number of furan rings is 1. The van der Waals surface area contributed by atoms with Crippen LogP contribution in [0.25, 0.3) is 104 Å². The largest absolute Gasteiger partial charge is 0.456 e. The summed E-state index contributed by atoms with van der Waals surface area (Å²) in [5.41, 5.74) is 10.1. The van der Waals surface area contributed by atoms with Gasteiger partial charge in [0.2, 0.25) is 0 Å². The molecule has 0 aliphatic carbocycles. The van der Waals surface area contributed by atoms with E-state index in [4.69, 9.17) is 24.4 Å². The van der Waals surface area contributed by atoms with Crippen molar-refractivity contribution in [3.63, 3.8) is 0 Å². The van der Waals surface area contributed by atoms with Crippen LogP contribution < -0.4 is 0 Å². The van der Waals surface area contributed by atoms with Crippen LogP contribution in [0.2, 0.25) is 0 Å². The maximum Gasteiger partial charge on any atom is 0.192 e. The third-order valence-corrected chi connectivity index (χ3v) is 10.9. The quantitative estimate of drug-likeness (QED) is 0.179. The third kappa shape index (κ3) is 4.93. The first-order chi connectivity index (χ1) is 26.2. The molecule has 53 heavy (non-hydrogen) atoms. The Labute approximate surface area is 307 Å². The Bertz CT molecular complexity index is 3150. The minimum absolute atomic E-state index is 0.555. The molecule has 0 aliphatic heterocycles. The minimum Gasteiger partial charge on any atom is -0.456 e. The van der Waals surface area contributed by atoms with Crippen molar-refractivity contribution in [1.29, 1.82) is 0 Å². The summed E-state index contributed by atoms with van der Waals surface area (Å²) in [6.45, 7) is 0. The minimum atomic E-state index is 0.555. The first-order valence-corrected chi connectivity index (χ1v) is 18.3. The van der Waals surface area contributed by atoms with Gasteiger partial charge in [0, 0.05) is 44.4 Å². The van der Waals surface area contributed by atoms with E-state index in [-0.39, 0.29) is 0 Å². The highest BCUT2D eigenvalue weighted by molar-refractivity contribution is 7.21. The molecule has 7 aromatic carbocycles. The lowest BCUT2D eigenvalue weighted by molar-refractivity contribution is 0.668. The predicted octanol–water partition coefficient (Wildman–Crippen LogP) is 12.1. The fourth-order valence-corrected chi connectivity index (χ4v) is 8.29. The molecule has 0 amide bonds. The van der Waals surface area contributed by atoms with Crippen molar-refractivity contribution in [2.75, 3.05) is 0 Å². The van der Waals surface area contributed by atoms with E-state index in [0.29, 0.717) is 17.5 Å². The van der Waals surface area contributed by atoms with Gasteiger partial charge in [0.25, 0.3) is 0 Å². The van der Waals surface area contributed by atoms with E-state index < -0.39 is 0 Å². The molecule has 0 saturated carbocycles.